The van der Waals surface area contributed by atoms with Gasteiger partial charge in [0.05, 0.1) is 39.6 Å². The van der Waals surface area contributed by atoms with Crippen molar-refractivity contribution in [3.63, 3.8) is 0 Å². The number of rotatable bonds is 5. The van der Waals surface area contributed by atoms with Crippen LogP contribution in [0.4, 0.5) is 4.39 Å². The molecule has 2 fully saturated rings. The Hall–Kier alpha value is -1.41. The van der Waals surface area contributed by atoms with E-state index in [9.17, 15) is 9.50 Å². The minimum atomic E-state index is -0.408. The van der Waals surface area contributed by atoms with Crippen molar-refractivity contribution in [1.29, 1.82) is 0 Å². The molecule has 0 amide bonds. The van der Waals surface area contributed by atoms with Gasteiger partial charge in [0, 0.05) is 31.3 Å². The molecule has 0 bridgehead atoms. The van der Waals surface area contributed by atoms with Gasteiger partial charge in [-0.3, -0.25) is 9.80 Å². The van der Waals surface area contributed by atoms with Gasteiger partial charge in [0.25, 0.3) is 0 Å². The summed E-state index contributed by atoms with van der Waals surface area (Å²) in [6.07, 6.45) is 0.577. The Balaban J connectivity index is 1.64. The predicted molar refractivity (Wildman–Crippen MR) is 91.6 cm³/mol. The molecule has 7 heteroatoms. The lowest BCUT2D eigenvalue weighted by atomic mass is 10.1. The van der Waals surface area contributed by atoms with Gasteiger partial charge in [0.2, 0.25) is 0 Å². The van der Waals surface area contributed by atoms with Gasteiger partial charge < -0.3 is 19.3 Å². The lowest BCUT2D eigenvalue weighted by molar-refractivity contribution is 0.0837. The molecule has 2 atom stereocenters. The Morgan fingerprint density at radius 2 is 1.88 bits per heavy atom. The summed E-state index contributed by atoms with van der Waals surface area (Å²) in [7, 11) is 3.06. The average molecular weight is 354 g/mol. The van der Waals surface area contributed by atoms with Crippen LogP contribution in [0, 0.1) is 5.82 Å². The molecule has 2 unspecified atom stereocenters. The summed E-state index contributed by atoms with van der Waals surface area (Å²) in [5, 5.41) is 10.0. The molecule has 1 N–H and O–H groups in total. The maximum absolute atomic E-state index is 14.4. The zero-order chi connectivity index (χ0) is 17.8. The van der Waals surface area contributed by atoms with Crippen molar-refractivity contribution in [3.8, 4) is 11.5 Å². The number of methoxy groups -OCH3 is 2. The van der Waals surface area contributed by atoms with Gasteiger partial charge in [-0.15, -0.1) is 0 Å². The first-order chi connectivity index (χ1) is 12.1. The van der Waals surface area contributed by atoms with Crippen molar-refractivity contribution in [2.45, 2.75) is 25.1 Å². The smallest absolute Gasteiger partial charge is 0.163 e. The molecule has 0 spiro atoms. The van der Waals surface area contributed by atoms with Crippen LogP contribution in [-0.2, 0) is 11.3 Å². The summed E-state index contributed by atoms with van der Waals surface area (Å²) in [5.74, 6) is 0.668. The van der Waals surface area contributed by atoms with Gasteiger partial charge in [-0.25, -0.2) is 4.39 Å². The quantitative estimate of drug-likeness (QED) is 0.855. The normalized spacial score (nSPS) is 25.8. The van der Waals surface area contributed by atoms with E-state index in [0.717, 1.165) is 32.6 Å². The Morgan fingerprint density at radius 1 is 1.12 bits per heavy atom. The number of halogens is 1. The Kier molecular flexibility index (Phi) is 6.11. The summed E-state index contributed by atoms with van der Waals surface area (Å²) in [5.41, 5.74) is 0.607. The third-order valence-electron chi connectivity index (χ3n) is 5.06. The number of hydrogen-bond donors (Lipinski definition) is 1. The van der Waals surface area contributed by atoms with E-state index in [1.54, 1.807) is 13.2 Å². The maximum Gasteiger partial charge on any atom is 0.163 e. The Labute approximate surface area is 148 Å². The summed E-state index contributed by atoms with van der Waals surface area (Å²) in [6.45, 7) is 5.04. The topological polar surface area (TPSA) is 54.4 Å². The molecule has 0 aliphatic carbocycles. The van der Waals surface area contributed by atoms with E-state index in [4.69, 9.17) is 14.2 Å². The molecule has 140 valence electrons. The fourth-order valence-electron chi connectivity index (χ4n) is 3.62. The second kappa shape index (κ2) is 8.31. The third-order valence-corrected chi connectivity index (χ3v) is 5.06. The van der Waals surface area contributed by atoms with Gasteiger partial charge in [-0.1, -0.05) is 0 Å². The highest BCUT2D eigenvalue weighted by Crippen LogP contribution is 2.30. The summed E-state index contributed by atoms with van der Waals surface area (Å²) >= 11 is 0. The van der Waals surface area contributed by atoms with Gasteiger partial charge in [0.15, 0.2) is 11.5 Å². The molecule has 0 saturated carbocycles. The van der Waals surface area contributed by atoms with Crippen LogP contribution >= 0.6 is 0 Å². The van der Waals surface area contributed by atoms with E-state index in [0.29, 0.717) is 36.8 Å². The average Bonchev–Trinajstić information content (AvgIpc) is 2.90. The number of ether oxygens (including phenoxy) is 3. The molecule has 2 heterocycles. The van der Waals surface area contributed by atoms with Crippen molar-refractivity contribution in [3.05, 3.63) is 23.5 Å². The zero-order valence-electron chi connectivity index (χ0n) is 14.9. The second-order valence-electron chi connectivity index (χ2n) is 6.64. The third kappa shape index (κ3) is 4.23. The molecule has 1 aromatic carbocycles. The molecule has 0 aromatic heterocycles. The number of nitrogens with zero attached hydrogens (tertiary/aromatic N) is 2. The molecule has 2 aliphatic rings. The van der Waals surface area contributed by atoms with Crippen molar-refractivity contribution < 1.29 is 23.7 Å². The van der Waals surface area contributed by atoms with Crippen LogP contribution in [0.2, 0.25) is 0 Å². The van der Waals surface area contributed by atoms with Gasteiger partial charge in [0.1, 0.15) is 5.82 Å². The molecule has 25 heavy (non-hydrogen) atoms. The largest absolute Gasteiger partial charge is 0.493 e. The minimum absolute atomic E-state index is 0.0813. The van der Waals surface area contributed by atoms with Crippen LogP contribution in [-0.4, -0.2) is 80.7 Å². The van der Waals surface area contributed by atoms with Crippen molar-refractivity contribution in [1.82, 2.24) is 9.80 Å². The van der Waals surface area contributed by atoms with Crippen LogP contribution < -0.4 is 9.47 Å². The van der Waals surface area contributed by atoms with Crippen LogP contribution in [0.1, 0.15) is 12.0 Å². The molecular weight excluding hydrogens is 327 g/mol. The van der Waals surface area contributed by atoms with E-state index in [1.807, 2.05) is 0 Å². The van der Waals surface area contributed by atoms with Gasteiger partial charge >= 0.3 is 0 Å². The molecule has 3 rings (SSSR count). The molecule has 6 nitrogen and oxygen atoms in total. The van der Waals surface area contributed by atoms with Gasteiger partial charge in [-0.05, 0) is 25.6 Å². The highest BCUT2D eigenvalue weighted by Gasteiger charge is 2.32. The van der Waals surface area contributed by atoms with Crippen LogP contribution in [0.3, 0.4) is 0 Å². The number of aliphatic hydroxyl groups is 1. The van der Waals surface area contributed by atoms with Crippen molar-refractivity contribution >= 4 is 0 Å². The van der Waals surface area contributed by atoms with Gasteiger partial charge in [-0.2, -0.15) is 0 Å². The lowest BCUT2D eigenvalue weighted by Gasteiger charge is -2.28. The Morgan fingerprint density at radius 3 is 2.56 bits per heavy atom. The van der Waals surface area contributed by atoms with E-state index in [-0.39, 0.29) is 11.9 Å². The lowest BCUT2D eigenvalue weighted by Crippen LogP contribution is -2.44. The first-order valence-electron chi connectivity index (χ1n) is 8.75. The standard InChI is InChI=1S/C18H27FN2O4/c1-23-17-8-13(14(19)9-18(17)24-2)10-20-4-3-5-21(7-6-20)15-11-25-12-16(15)22/h8-9,15-16,22H,3-7,10-12H2,1-2H3. The second-order valence-corrected chi connectivity index (χ2v) is 6.64. The van der Waals surface area contributed by atoms with E-state index in [2.05, 4.69) is 9.80 Å². The first kappa shape index (κ1) is 18.4. The maximum atomic E-state index is 14.4. The molecule has 2 aliphatic heterocycles. The number of aliphatic hydroxyl groups excluding tert-OH is 1. The SMILES string of the molecule is COc1cc(F)c(CN2CCCN(C3COCC3O)CC2)cc1OC. The highest BCUT2D eigenvalue weighted by atomic mass is 19.1. The summed E-state index contributed by atoms with van der Waals surface area (Å²) in [6, 6.07) is 3.17. The molecule has 1 aromatic rings. The fraction of sp³-hybridized carbons (Fsp3) is 0.667. The van der Waals surface area contributed by atoms with E-state index < -0.39 is 6.10 Å². The molecule has 2 saturated heterocycles. The predicted octanol–water partition coefficient (Wildman–Crippen LogP) is 1.11. The van der Waals surface area contributed by atoms with E-state index >= 15 is 0 Å². The van der Waals surface area contributed by atoms with Crippen LogP contribution in [0.15, 0.2) is 12.1 Å². The zero-order valence-corrected chi connectivity index (χ0v) is 14.9. The first-order valence-corrected chi connectivity index (χ1v) is 8.75. The van der Waals surface area contributed by atoms with Crippen LogP contribution in [0.5, 0.6) is 11.5 Å². The number of hydrogen-bond acceptors (Lipinski definition) is 6. The summed E-state index contributed by atoms with van der Waals surface area (Å²) < 4.78 is 30.2. The minimum Gasteiger partial charge on any atom is -0.493 e. The Bertz CT molecular complexity index is 586. The highest BCUT2D eigenvalue weighted by molar-refractivity contribution is 5.43. The van der Waals surface area contributed by atoms with Crippen LogP contribution in [0.25, 0.3) is 0 Å². The van der Waals surface area contributed by atoms with Crippen molar-refractivity contribution in [2.75, 3.05) is 53.6 Å². The molecule has 0 radical (unpaired) electrons. The molecular formula is C18H27FN2O4. The monoisotopic (exact) mass is 354 g/mol. The van der Waals surface area contributed by atoms with E-state index in [1.165, 1.54) is 13.2 Å². The summed E-state index contributed by atoms with van der Waals surface area (Å²) in [4.78, 5) is 4.54. The van der Waals surface area contributed by atoms with Crippen molar-refractivity contribution in [2.24, 2.45) is 0 Å². The number of benzene rings is 1. The fourth-order valence-corrected chi connectivity index (χ4v) is 3.62.